The molecule has 1 aliphatic carbocycles. The van der Waals surface area contributed by atoms with Crippen molar-refractivity contribution in [3.05, 3.63) is 18.0 Å². The van der Waals surface area contributed by atoms with Gasteiger partial charge in [0, 0.05) is 12.2 Å². The van der Waals surface area contributed by atoms with E-state index in [1.807, 2.05) is 38.6 Å². The highest BCUT2D eigenvalue weighted by Gasteiger charge is 2.26. The molecule has 1 aliphatic rings. The van der Waals surface area contributed by atoms with Crippen LogP contribution in [0, 0.1) is 6.92 Å². The highest BCUT2D eigenvalue weighted by molar-refractivity contribution is 5.68. The van der Waals surface area contributed by atoms with Crippen molar-refractivity contribution in [2.45, 2.75) is 71.1 Å². The lowest BCUT2D eigenvalue weighted by molar-refractivity contribution is 0.0485. The first-order valence-electron chi connectivity index (χ1n) is 7.34. The van der Waals surface area contributed by atoms with E-state index >= 15 is 0 Å². The van der Waals surface area contributed by atoms with Crippen LogP contribution in [0.25, 0.3) is 0 Å². The highest BCUT2D eigenvalue weighted by atomic mass is 16.6. The summed E-state index contributed by atoms with van der Waals surface area (Å²) in [6.07, 6.45) is 7.78. The normalized spacial score (nSPS) is 23.4. The molecular formula is C15H25N3O2. The molecule has 0 saturated heterocycles. The van der Waals surface area contributed by atoms with Crippen LogP contribution in [-0.2, 0) is 4.74 Å². The Bertz CT molecular complexity index is 462. The zero-order valence-electron chi connectivity index (χ0n) is 12.8. The van der Waals surface area contributed by atoms with Gasteiger partial charge in [0.05, 0.1) is 12.2 Å². The first-order chi connectivity index (χ1) is 9.33. The van der Waals surface area contributed by atoms with Crippen LogP contribution >= 0.6 is 0 Å². The molecule has 1 amide bonds. The molecule has 2 atom stereocenters. The van der Waals surface area contributed by atoms with E-state index in [2.05, 4.69) is 16.6 Å². The van der Waals surface area contributed by atoms with Crippen molar-refractivity contribution in [1.29, 1.82) is 0 Å². The number of aromatic nitrogens is 2. The second-order valence-electron chi connectivity index (χ2n) is 6.66. The van der Waals surface area contributed by atoms with Gasteiger partial charge in [0.1, 0.15) is 5.60 Å². The van der Waals surface area contributed by atoms with Crippen LogP contribution in [0.3, 0.4) is 0 Å². The Morgan fingerprint density at radius 2 is 2.20 bits per heavy atom. The maximum Gasteiger partial charge on any atom is 0.407 e. The predicted octanol–water partition coefficient (Wildman–Crippen LogP) is 3.20. The van der Waals surface area contributed by atoms with Gasteiger partial charge in [-0.25, -0.2) is 4.79 Å². The topological polar surface area (TPSA) is 56.2 Å². The minimum absolute atomic E-state index is 0.174. The number of rotatable bonds is 2. The lowest BCUT2D eigenvalue weighted by atomic mass is 9.91. The number of ether oxygens (including phenoxy) is 1. The molecule has 0 aliphatic heterocycles. The number of carbonyl (C=O) groups excluding carboxylic acids is 1. The second kappa shape index (κ2) is 5.85. The first-order valence-corrected chi connectivity index (χ1v) is 7.34. The van der Waals surface area contributed by atoms with E-state index in [9.17, 15) is 4.79 Å². The SMILES string of the molecule is Cc1cnn(C2CCCC(NC(=O)OC(C)(C)C)C2)c1. The van der Waals surface area contributed by atoms with Crippen molar-refractivity contribution in [2.75, 3.05) is 0 Å². The summed E-state index contributed by atoms with van der Waals surface area (Å²) in [5.41, 5.74) is 0.726. The molecule has 2 rings (SSSR count). The summed E-state index contributed by atoms with van der Waals surface area (Å²) in [6.45, 7) is 7.68. The Labute approximate surface area is 120 Å². The minimum Gasteiger partial charge on any atom is -0.444 e. The second-order valence-corrected chi connectivity index (χ2v) is 6.66. The summed E-state index contributed by atoms with van der Waals surface area (Å²) in [5, 5.41) is 7.36. The van der Waals surface area contributed by atoms with Gasteiger partial charge in [-0.2, -0.15) is 5.10 Å². The number of nitrogens with one attached hydrogen (secondary N) is 1. The maximum atomic E-state index is 11.8. The standard InChI is InChI=1S/C15H25N3O2/c1-11-9-16-18(10-11)13-7-5-6-12(8-13)17-14(19)20-15(2,3)4/h9-10,12-13H,5-8H2,1-4H3,(H,17,19). The van der Waals surface area contributed by atoms with Crippen molar-refractivity contribution < 1.29 is 9.53 Å². The number of amides is 1. The van der Waals surface area contributed by atoms with E-state index in [-0.39, 0.29) is 12.1 Å². The van der Waals surface area contributed by atoms with E-state index in [4.69, 9.17) is 4.74 Å². The van der Waals surface area contributed by atoms with Crippen molar-refractivity contribution >= 4 is 6.09 Å². The molecule has 1 fully saturated rings. The van der Waals surface area contributed by atoms with Crippen molar-refractivity contribution in [1.82, 2.24) is 15.1 Å². The third-order valence-electron chi connectivity index (χ3n) is 3.47. The fourth-order valence-electron chi connectivity index (χ4n) is 2.64. The molecule has 5 nitrogen and oxygen atoms in total. The molecule has 1 saturated carbocycles. The predicted molar refractivity (Wildman–Crippen MR) is 77.6 cm³/mol. The van der Waals surface area contributed by atoms with Crippen molar-refractivity contribution in [2.24, 2.45) is 0 Å². The molecule has 0 radical (unpaired) electrons. The third-order valence-corrected chi connectivity index (χ3v) is 3.47. The number of carbonyl (C=O) groups is 1. The first kappa shape index (κ1) is 14.9. The Hall–Kier alpha value is -1.52. The van der Waals surface area contributed by atoms with Crippen LogP contribution in [0.2, 0.25) is 0 Å². The van der Waals surface area contributed by atoms with Crippen LogP contribution in [0.1, 0.15) is 58.1 Å². The van der Waals surface area contributed by atoms with Crippen LogP contribution in [0.15, 0.2) is 12.4 Å². The summed E-state index contributed by atoms with van der Waals surface area (Å²) in [4.78, 5) is 11.8. The van der Waals surface area contributed by atoms with E-state index in [0.29, 0.717) is 6.04 Å². The average molecular weight is 279 g/mol. The van der Waals surface area contributed by atoms with E-state index < -0.39 is 5.60 Å². The van der Waals surface area contributed by atoms with Crippen LogP contribution in [-0.4, -0.2) is 27.5 Å². The van der Waals surface area contributed by atoms with Gasteiger partial charge in [-0.15, -0.1) is 0 Å². The summed E-state index contributed by atoms with van der Waals surface area (Å²) in [6, 6.07) is 0.547. The highest BCUT2D eigenvalue weighted by Crippen LogP contribution is 2.28. The molecule has 1 aromatic heterocycles. The molecule has 1 heterocycles. The van der Waals surface area contributed by atoms with Gasteiger partial charge in [-0.05, 0) is 58.9 Å². The number of aryl methyl sites for hydroxylation is 1. The van der Waals surface area contributed by atoms with Gasteiger partial charge in [0.25, 0.3) is 0 Å². The molecule has 0 bridgehead atoms. The molecule has 1 aromatic rings. The summed E-state index contributed by atoms with van der Waals surface area (Å²) >= 11 is 0. The molecule has 112 valence electrons. The number of hydrogen-bond acceptors (Lipinski definition) is 3. The van der Waals surface area contributed by atoms with Crippen molar-refractivity contribution in [3.8, 4) is 0 Å². The molecule has 0 aromatic carbocycles. The van der Waals surface area contributed by atoms with Crippen LogP contribution < -0.4 is 5.32 Å². The van der Waals surface area contributed by atoms with Gasteiger partial charge >= 0.3 is 6.09 Å². The molecule has 2 unspecified atom stereocenters. The lowest BCUT2D eigenvalue weighted by Crippen LogP contribution is -2.41. The molecule has 5 heteroatoms. The van der Waals surface area contributed by atoms with Crippen molar-refractivity contribution in [3.63, 3.8) is 0 Å². The fourth-order valence-corrected chi connectivity index (χ4v) is 2.64. The molecule has 20 heavy (non-hydrogen) atoms. The summed E-state index contributed by atoms with van der Waals surface area (Å²) < 4.78 is 7.34. The van der Waals surface area contributed by atoms with E-state index in [1.165, 1.54) is 5.56 Å². The minimum atomic E-state index is -0.447. The summed E-state index contributed by atoms with van der Waals surface area (Å²) in [7, 11) is 0. The van der Waals surface area contributed by atoms with Gasteiger partial charge in [0.2, 0.25) is 0 Å². The fraction of sp³-hybridized carbons (Fsp3) is 0.733. The maximum absolute atomic E-state index is 11.8. The zero-order valence-corrected chi connectivity index (χ0v) is 12.8. The largest absolute Gasteiger partial charge is 0.444 e. The Kier molecular flexibility index (Phi) is 4.35. The van der Waals surface area contributed by atoms with E-state index in [1.54, 1.807) is 0 Å². The van der Waals surface area contributed by atoms with Gasteiger partial charge < -0.3 is 10.1 Å². The van der Waals surface area contributed by atoms with Gasteiger partial charge in [0.15, 0.2) is 0 Å². The molecule has 1 N–H and O–H groups in total. The molecule has 0 spiro atoms. The smallest absolute Gasteiger partial charge is 0.407 e. The average Bonchev–Trinajstić information content (AvgIpc) is 2.73. The quantitative estimate of drug-likeness (QED) is 0.904. The van der Waals surface area contributed by atoms with E-state index in [0.717, 1.165) is 25.7 Å². The number of nitrogens with zero attached hydrogens (tertiary/aromatic N) is 2. The van der Waals surface area contributed by atoms with Crippen LogP contribution in [0.5, 0.6) is 0 Å². The van der Waals surface area contributed by atoms with Gasteiger partial charge in [-0.1, -0.05) is 0 Å². The Balaban J connectivity index is 1.89. The Morgan fingerprint density at radius 1 is 1.45 bits per heavy atom. The van der Waals surface area contributed by atoms with Gasteiger partial charge in [-0.3, -0.25) is 4.68 Å². The number of alkyl carbamates (subject to hydrolysis) is 1. The number of hydrogen-bond donors (Lipinski definition) is 1. The summed E-state index contributed by atoms with van der Waals surface area (Å²) in [5.74, 6) is 0. The third kappa shape index (κ3) is 4.25. The Morgan fingerprint density at radius 3 is 2.80 bits per heavy atom. The monoisotopic (exact) mass is 279 g/mol. The lowest BCUT2D eigenvalue weighted by Gasteiger charge is -2.30. The zero-order chi connectivity index (χ0) is 14.8. The molecular weight excluding hydrogens is 254 g/mol. The van der Waals surface area contributed by atoms with Crippen LogP contribution in [0.4, 0.5) is 4.79 Å².